The summed E-state index contributed by atoms with van der Waals surface area (Å²) in [6.07, 6.45) is 2.62. The molecule has 0 spiro atoms. The Kier molecular flexibility index (Phi) is 4.39. The zero-order chi connectivity index (χ0) is 14.8. The molecule has 0 aliphatic heterocycles. The number of rotatable bonds is 4. The van der Waals surface area contributed by atoms with Crippen molar-refractivity contribution < 1.29 is 12.8 Å². The normalized spacial score (nSPS) is 11.3. The van der Waals surface area contributed by atoms with E-state index >= 15 is 0 Å². The van der Waals surface area contributed by atoms with Crippen LogP contribution in [0.4, 0.5) is 10.2 Å². The maximum atomic E-state index is 13.2. The molecule has 0 bridgehead atoms. The molecular weight excluding hydrogens is 347 g/mol. The second kappa shape index (κ2) is 5.88. The zero-order valence-electron chi connectivity index (χ0n) is 10.6. The fourth-order valence-electron chi connectivity index (χ4n) is 1.68. The average molecular weight is 359 g/mol. The quantitative estimate of drug-likeness (QED) is 0.912. The van der Waals surface area contributed by atoms with E-state index in [1.807, 2.05) is 0 Å². The Hall–Kier alpha value is -1.47. The topological polar surface area (TPSA) is 59.1 Å². The van der Waals surface area contributed by atoms with Crippen molar-refractivity contribution in [3.05, 3.63) is 52.4 Å². The van der Waals surface area contributed by atoms with Crippen molar-refractivity contribution in [3.63, 3.8) is 0 Å². The van der Waals surface area contributed by atoms with Crippen LogP contribution >= 0.6 is 15.9 Å². The maximum absolute atomic E-state index is 13.2. The molecule has 20 heavy (non-hydrogen) atoms. The van der Waals surface area contributed by atoms with Crippen molar-refractivity contribution in [2.24, 2.45) is 0 Å². The molecule has 0 radical (unpaired) electrons. The van der Waals surface area contributed by atoms with Gasteiger partial charge in [0.05, 0.1) is 0 Å². The molecule has 2 rings (SSSR count). The van der Waals surface area contributed by atoms with Gasteiger partial charge in [0.25, 0.3) is 0 Å². The summed E-state index contributed by atoms with van der Waals surface area (Å²) in [5.41, 5.74) is 0.676. The van der Waals surface area contributed by atoms with Crippen molar-refractivity contribution in [1.82, 2.24) is 4.98 Å². The van der Waals surface area contributed by atoms with Crippen LogP contribution in [-0.2, 0) is 16.4 Å². The summed E-state index contributed by atoms with van der Waals surface area (Å²) in [5, 5.41) is 2.92. The second-order valence-electron chi connectivity index (χ2n) is 4.21. The summed E-state index contributed by atoms with van der Waals surface area (Å²) in [4.78, 5) is 4.13. The standard InChI is InChI=1S/C13H12BrFN2O2S/c1-20(18,19)12-3-2-6-16-13(12)17-8-9-7-10(15)4-5-11(9)14/h2-7H,8H2,1H3,(H,16,17). The number of hydrogen-bond acceptors (Lipinski definition) is 4. The number of sulfone groups is 1. The largest absolute Gasteiger partial charge is 0.365 e. The Morgan fingerprint density at radius 3 is 2.80 bits per heavy atom. The summed E-state index contributed by atoms with van der Waals surface area (Å²) >= 11 is 3.32. The lowest BCUT2D eigenvalue weighted by molar-refractivity contribution is 0.601. The van der Waals surface area contributed by atoms with Gasteiger partial charge in [-0.25, -0.2) is 17.8 Å². The number of pyridine rings is 1. The molecule has 1 aromatic carbocycles. The summed E-state index contributed by atoms with van der Waals surface area (Å²) < 4.78 is 37.2. The van der Waals surface area contributed by atoms with Crippen LogP contribution in [0.1, 0.15) is 5.56 Å². The van der Waals surface area contributed by atoms with Gasteiger partial charge in [-0.1, -0.05) is 15.9 Å². The van der Waals surface area contributed by atoms with Crippen LogP contribution in [0.5, 0.6) is 0 Å². The molecule has 0 atom stereocenters. The lowest BCUT2D eigenvalue weighted by Gasteiger charge is -2.10. The first-order valence-corrected chi connectivity index (χ1v) is 8.39. The number of halogens is 2. The van der Waals surface area contributed by atoms with Gasteiger partial charge in [-0.3, -0.25) is 0 Å². The van der Waals surface area contributed by atoms with E-state index in [-0.39, 0.29) is 23.1 Å². The number of aromatic nitrogens is 1. The molecule has 4 nitrogen and oxygen atoms in total. The molecule has 7 heteroatoms. The SMILES string of the molecule is CS(=O)(=O)c1cccnc1NCc1cc(F)ccc1Br. The third kappa shape index (κ3) is 3.55. The Morgan fingerprint density at radius 2 is 2.10 bits per heavy atom. The van der Waals surface area contributed by atoms with E-state index in [0.29, 0.717) is 5.56 Å². The summed E-state index contributed by atoms with van der Waals surface area (Å²) in [7, 11) is -3.37. The summed E-state index contributed by atoms with van der Waals surface area (Å²) in [5.74, 6) is -0.0967. The molecule has 0 unspecified atom stereocenters. The smallest absolute Gasteiger partial charge is 0.179 e. The molecule has 106 valence electrons. The molecule has 0 amide bonds. The molecule has 0 aliphatic carbocycles. The molecule has 1 heterocycles. The molecule has 1 aromatic heterocycles. The fraction of sp³-hybridized carbons (Fsp3) is 0.154. The van der Waals surface area contributed by atoms with Crippen LogP contribution in [0.25, 0.3) is 0 Å². The maximum Gasteiger partial charge on any atom is 0.179 e. The first-order valence-electron chi connectivity index (χ1n) is 5.71. The predicted octanol–water partition coefficient (Wildman–Crippen LogP) is 3.00. The minimum absolute atomic E-state index is 0.118. The molecule has 0 aliphatic rings. The molecule has 2 aromatic rings. The number of nitrogens with zero attached hydrogens (tertiary/aromatic N) is 1. The monoisotopic (exact) mass is 358 g/mol. The van der Waals surface area contributed by atoms with Gasteiger partial charge >= 0.3 is 0 Å². The van der Waals surface area contributed by atoms with Crippen LogP contribution < -0.4 is 5.32 Å². The van der Waals surface area contributed by atoms with E-state index in [1.54, 1.807) is 12.1 Å². The Bertz CT molecular complexity index is 735. The van der Waals surface area contributed by atoms with E-state index in [2.05, 4.69) is 26.2 Å². The first-order chi connectivity index (χ1) is 9.38. The number of anilines is 1. The van der Waals surface area contributed by atoms with Crippen molar-refractivity contribution in [2.45, 2.75) is 11.4 Å². The highest BCUT2D eigenvalue weighted by Gasteiger charge is 2.14. The zero-order valence-corrected chi connectivity index (χ0v) is 13.0. The number of hydrogen-bond donors (Lipinski definition) is 1. The predicted molar refractivity (Wildman–Crippen MR) is 78.8 cm³/mol. The minimum atomic E-state index is -3.37. The third-order valence-electron chi connectivity index (χ3n) is 2.62. The number of nitrogens with one attached hydrogen (secondary N) is 1. The Labute approximate surface area is 125 Å². The lowest BCUT2D eigenvalue weighted by Crippen LogP contribution is -2.08. The van der Waals surface area contributed by atoms with Crippen molar-refractivity contribution in [3.8, 4) is 0 Å². The van der Waals surface area contributed by atoms with Crippen molar-refractivity contribution >= 4 is 31.6 Å². The molecular formula is C13H12BrFN2O2S. The van der Waals surface area contributed by atoms with Crippen LogP contribution in [0.3, 0.4) is 0 Å². The molecule has 1 N–H and O–H groups in total. The Morgan fingerprint density at radius 1 is 1.35 bits per heavy atom. The van der Waals surface area contributed by atoms with E-state index < -0.39 is 9.84 Å². The second-order valence-corrected chi connectivity index (χ2v) is 7.05. The van der Waals surface area contributed by atoms with Gasteiger partial charge < -0.3 is 5.32 Å². The summed E-state index contributed by atoms with van der Waals surface area (Å²) in [6, 6.07) is 7.35. The molecule has 0 saturated carbocycles. The summed E-state index contributed by atoms with van der Waals surface area (Å²) in [6.45, 7) is 0.262. The van der Waals surface area contributed by atoms with E-state index in [9.17, 15) is 12.8 Å². The van der Waals surface area contributed by atoms with Crippen LogP contribution in [0, 0.1) is 5.82 Å². The van der Waals surface area contributed by atoms with Crippen LogP contribution in [0.15, 0.2) is 45.9 Å². The lowest BCUT2D eigenvalue weighted by atomic mass is 10.2. The van der Waals surface area contributed by atoms with Gasteiger partial charge in [0.2, 0.25) is 0 Å². The van der Waals surface area contributed by atoms with E-state index in [4.69, 9.17) is 0 Å². The van der Waals surface area contributed by atoms with Gasteiger partial charge in [-0.2, -0.15) is 0 Å². The van der Waals surface area contributed by atoms with Crippen molar-refractivity contribution in [1.29, 1.82) is 0 Å². The van der Waals surface area contributed by atoms with E-state index in [1.165, 1.54) is 24.4 Å². The highest BCUT2D eigenvalue weighted by molar-refractivity contribution is 9.10. The molecule has 0 saturated heterocycles. The first kappa shape index (κ1) is 14.9. The van der Waals surface area contributed by atoms with Gasteiger partial charge in [-0.05, 0) is 35.9 Å². The Balaban J connectivity index is 2.26. The number of benzene rings is 1. The highest BCUT2D eigenvalue weighted by Crippen LogP contribution is 2.22. The van der Waals surface area contributed by atoms with Gasteiger partial charge in [0.15, 0.2) is 9.84 Å². The third-order valence-corrected chi connectivity index (χ3v) is 4.53. The van der Waals surface area contributed by atoms with E-state index in [0.717, 1.165) is 10.7 Å². The van der Waals surface area contributed by atoms with Crippen LogP contribution in [0.2, 0.25) is 0 Å². The molecule has 0 fully saturated rings. The van der Waals surface area contributed by atoms with Gasteiger partial charge in [0.1, 0.15) is 16.5 Å². The average Bonchev–Trinajstić information content (AvgIpc) is 2.39. The minimum Gasteiger partial charge on any atom is -0.365 e. The van der Waals surface area contributed by atoms with Crippen LogP contribution in [-0.4, -0.2) is 19.7 Å². The fourth-order valence-corrected chi connectivity index (χ4v) is 2.87. The van der Waals surface area contributed by atoms with Gasteiger partial charge in [0, 0.05) is 23.5 Å². The van der Waals surface area contributed by atoms with Gasteiger partial charge in [-0.15, -0.1) is 0 Å². The highest BCUT2D eigenvalue weighted by atomic mass is 79.9. The van der Waals surface area contributed by atoms with Crippen molar-refractivity contribution in [2.75, 3.05) is 11.6 Å².